The minimum Gasteiger partial charge on any atom is -0.469 e. The van der Waals surface area contributed by atoms with Crippen LogP contribution in [0.1, 0.15) is 22.8 Å². The van der Waals surface area contributed by atoms with Gasteiger partial charge in [-0.2, -0.15) is 10.3 Å². The highest BCUT2D eigenvalue weighted by atomic mass is 16.7. The van der Waals surface area contributed by atoms with E-state index in [1.807, 2.05) is 36.4 Å². The van der Waals surface area contributed by atoms with Gasteiger partial charge in [0.05, 0.1) is 18.7 Å². The van der Waals surface area contributed by atoms with Crippen molar-refractivity contribution in [3.8, 4) is 6.07 Å². The van der Waals surface area contributed by atoms with Crippen LogP contribution >= 0.6 is 0 Å². The van der Waals surface area contributed by atoms with Crippen LogP contribution in [0.4, 0.5) is 0 Å². The Kier molecular flexibility index (Phi) is 4.90. The van der Waals surface area contributed by atoms with E-state index in [2.05, 4.69) is 6.07 Å². The molecule has 1 fully saturated rings. The number of carbonyl (C=O) groups is 1. The van der Waals surface area contributed by atoms with Gasteiger partial charge in [-0.05, 0) is 23.3 Å². The predicted molar refractivity (Wildman–Crippen MR) is 87.3 cm³/mol. The summed E-state index contributed by atoms with van der Waals surface area (Å²) in [5.74, 6) is -0.731. The van der Waals surface area contributed by atoms with Gasteiger partial charge in [0.2, 0.25) is 0 Å². The molecule has 1 aliphatic heterocycles. The zero-order chi connectivity index (χ0) is 16.9. The van der Waals surface area contributed by atoms with Gasteiger partial charge in [0.1, 0.15) is 12.0 Å². The van der Waals surface area contributed by atoms with Crippen molar-refractivity contribution in [1.29, 1.82) is 5.26 Å². The zero-order valence-corrected chi connectivity index (χ0v) is 13.4. The first-order valence-electron chi connectivity index (χ1n) is 7.75. The van der Waals surface area contributed by atoms with E-state index in [0.29, 0.717) is 18.7 Å². The third kappa shape index (κ3) is 3.46. The second-order valence-electron chi connectivity index (χ2n) is 5.70. The molecule has 0 aromatic heterocycles. The van der Waals surface area contributed by atoms with Gasteiger partial charge in [0.15, 0.2) is 0 Å². The Morgan fingerprint density at radius 2 is 2.08 bits per heavy atom. The van der Waals surface area contributed by atoms with Gasteiger partial charge in [-0.1, -0.05) is 42.5 Å². The molecule has 0 spiro atoms. The molecule has 3 rings (SSSR count). The summed E-state index contributed by atoms with van der Waals surface area (Å²) in [4.78, 5) is 18.2. The van der Waals surface area contributed by atoms with E-state index in [-0.39, 0.29) is 5.97 Å². The van der Waals surface area contributed by atoms with Crippen LogP contribution in [-0.2, 0) is 20.9 Å². The first kappa shape index (κ1) is 16.2. The van der Waals surface area contributed by atoms with Gasteiger partial charge in [-0.15, -0.1) is 0 Å². The molecule has 0 N–H and O–H groups in total. The molecule has 2 unspecified atom stereocenters. The van der Waals surface area contributed by atoms with E-state index in [4.69, 9.17) is 14.8 Å². The van der Waals surface area contributed by atoms with Crippen LogP contribution in [-0.4, -0.2) is 24.7 Å². The summed E-state index contributed by atoms with van der Waals surface area (Å²) in [5, 5.41) is 10.9. The fourth-order valence-corrected chi connectivity index (χ4v) is 2.91. The van der Waals surface area contributed by atoms with Crippen LogP contribution in [0.25, 0.3) is 0 Å². The monoisotopic (exact) mass is 322 g/mol. The molecule has 2 atom stereocenters. The lowest BCUT2D eigenvalue weighted by atomic mass is 9.95. The minimum absolute atomic E-state index is 0.307. The molecular weight excluding hydrogens is 304 g/mol. The average molecular weight is 322 g/mol. The van der Waals surface area contributed by atoms with Gasteiger partial charge in [-0.3, -0.25) is 9.63 Å². The molecular formula is C19H18N2O3. The number of methoxy groups -OCH3 is 1. The molecule has 1 heterocycles. The molecule has 1 saturated heterocycles. The van der Waals surface area contributed by atoms with Crippen molar-refractivity contribution in [2.24, 2.45) is 5.92 Å². The smallest absolute Gasteiger partial charge is 0.313 e. The van der Waals surface area contributed by atoms with Crippen LogP contribution in [0.5, 0.6) is 0 Å². The molecule has 0 radical (unpaired) electrons. The van der Waals surface area contributed by atoms with E-state index < -0.39 is 12.0 Å². The molecule has 0 bridgehead atoms. The molecule has 122 valence electrons. The number of benzene rings is 2. The highest BCUT2D eigenvalue weighted by Gasteiger charge is 2.40. The van der Waals surface area contributed by atoms with Gasteiger partial charge in [-0.25, -0.2) is 0 Å². The second-order valence-corrected chi connectivity index (χ2v) is 5.70. The minimum atomic E-state index is -0.450. The van der Waals surface area contributed by atoms with Crippen molar-refractivity contribution in [3.63, 3.8) is 0 Å². The highest BCUT2D eigenvalue weighted by Crippen LogP contribution is 2.36. The lowest BCUT2D eigenvalue weighted by Crippen LogP contribution is -2.24. The molecule has 0 aliphatic carbocycles. The molecule has 5 nitrogen and oxygen atoms in total. The molecule has 1 aliphatic rings. The summed E-state index contributed by atoms with van der Waals surface area (Å²) in [6.45, 7) is 1.03. The maximum absolute atomic E-state index is 12.2. The zero-order valence-electron chi connectivity index (χ0n) is 13.4. The number of hydrogen-bond donors (Lipinski definition) is 0. The number of esters is 1. The van der Waals surface area contributed by atoms with E-state index in [1.165, 1.54) is 7.11 Å². The van der Waals surface area contributed by atoms with Crippen molar-refractivity contribution in [2.45, 2.75) is 12.6 Å². The standard InChI is InChI=1S/C19H18N2O3/c1-23-19(22)17-13-21(12-14-6-3-2-4-7-14)24-18(17)16-9-5-8-15(10-16)11-20/h2-10,17-18H,12-13H2,1H3. The Morgan fingerprint density at radius 3 is 2.79 bits per heavy atom. The second kappa shape index (κ2) is 7.26. The van der Waals surface area contributed by atoms with E-state index in [9.17, 15) is 4.79 Å². The van der Waals surface area contributed by atoms with Crippen LogP contribution < -0.4 is 0 Å². The molecule has 0 amide bonds. The van der Waals surface area contributed by atoms with Crippen molar-refractivity contribution in [2.75, 3.05) is 13.7 Å². The van der Waals surface area contributed by atoms with Crippen LogP contribution in [0.2, 0.25) is 0 Å². The fraction of sp³-hybridized carbons (Fsp3) is 0.263. The Labute approximate surface area is 141 Å². The summed E-state index contributed by atoms with van der Waals surface area (Å²) >= 11 is 0. The molecule has 24 heavy (non-hydrogen) atoms. The maximum Gasteiger partial charge on any atom is 0.313 e. The van der Waals surface area contributed by atoms with E-state index in [0.717, 1.165) is 11.1 Å². The number of hydrogen-bond acceptors (Lipinski definition) is 5. The lowest BCUT2D eigenvalue weighted by Gasteiger charge is -2.17. The summed E-state index contributed by atoms with van der Waals surface area (Å²) in [5.41, 5.74) is 2.45. The van der Waals surface area contributed by atoms with Crippen LogP contribution in [0.3, 0.4) is 0 Å². The average Bonchev–Trinajstić information content (AvgIpc) is 3.05. The van der Waals surface area contributed by atoms with Gasteiger partial charge in [0.25, 0.3) is 0 Å². The van der Waals surface area contributed by atoms with Gasteiger partial charge in [0, 0.05) is 13.1 Å². The van der Waals surface area contributed by atoms with Crippen molar-refractivity contribution in [1.82, 2.24) is 5.06 Å². The molecule has 0 saturated carbocycles. The maximum atomic E-state index is 12.2. The Bertz CT molecular complexity index is 755. The number of carbonyl (C=O) groups excluding carboxylic acids is 1. The number of rotatable bonds is 4. The number of nitriles is 1. The first-order valence-corrected chi connectivity index (χ1v) is 7.75. The number of hydroxylamine groups is 2. The van der Waals surface area contributed by atoms with Crippen molar-refractivity contribution in [3.05, 3.63) is 71.3 Å². The largest absolute Gasteiger partial charge is 0.469 e. The Balaban J connectivity index is 1.83. The lowest BCUT2D eigenvalue weighted by molar-refractivity contribution is -0.161. The van der Waals surface area contributed by atoms with Crippen LogP contribution in [0, 0.1) is 17.2 Å². The normalized spacial score (nSPS) is 20.5. The summed E-state index contributed by atoms with van der Waals surface area (Å²) < 4.78 is 4.93. The van der Waals surface area contributed by atoms with Crippen molar-refractivity contribution < 1.29 is 14.4 Å². The van der Waals surface area contributed by atoms with Crippen molar-refractivity contribution >= 4 is 5.97 Å². The Hall–Kier alpha value is -2.68. The highest BCUT2D eigenvalue weighted by molar-refractivity contribution is 5.74. The van der Waals surface area contributed by atoms with Gasteiger partial charge >= 0.3 is 5.97 Å². The third-order valence-electron chi connectivity index (χ3n) is 4.08. The molecule has 2 aromatic carbocycles. The van der Waals surface area contributed by atoms with Crippen LogP contribution in [0.15, 0.2) is 54.6 Å². The first-order chi connectivity index (χ1) is 11.7. The summed E-state index contributed by atoms with van der Waals surface area (Å²) in [6.07, 6.45) is -0.450. The summed E-state index contributed by atoms with van der Waals surface area (Å²) in [7, 11) is 1.38. The number of ether oxygens (including phenoxy) is 1. The third-order valence-corrected chi connectivity index (χ3v) is 4.08. The molecule has 5 heteroatoms. The Morgan fingerprint density at radius 1 is 1.29 bits per heavy atom. The topological polar surface area (TPSA) is 62.6 Å². The molecule has 2 aromatic rings. The predicted octanol–water partition coefficient (Wildman–Crippen LogP) is 2.84. The SMILES string of the molecule is COC(=O)C1CN(Cc2ccccc2)OC1c1cccc(C#N)c1. The quantitative estimate of drug-likeness (QED) is 0.810. The van der Waals surface area contributed by atoms with E-state index in [1.54, 1.807) is 23.3 Å². The number of nitrogens with zero attached hydrogens (tertiary/aromatic N) is 2. The fourth-order valence-electron chi connectivity index (χ4n) is 2.91. The summed E-state index contributed by atoms with van der Waals surface area (Å²) in [6, 6.07) is 19.2. The van der Waals surface area contributed by atoms with Gasteiger partial charge < -0.3 is 4.74 Å². The van der Waals surface area contributed by atoms with E-state index >= 15 is 0 Å².